The van der Waals surface area contributed by atoms with Crippen LogP contribution in [0, 0.1) is 0 Å². The summed E-state index contributed by atoms with van der Waals surface area (Å²) in [5.41, 5.74) is 0.787. The lowest BCUT2D eigenvalue weighted by molar-refractivity contribution is 0.241. The van der Waals surface area contributed by atoms with Crippen molar-refractivity contribution < 1.29 is 4.74 Å². The maximum Gasteiger partial charge on any atom is 0.230 e. The van der Waals surface area contributed by atoms with Crippen LogP contribution in [0.15, 0.2) is 18.5 Å². The van der Waals surface area contributed by atoms with Crippen LogP contribution in [-0.4, -0.2) is 47.2 Å². The van der Waals surface area contributed by atoms with E-state index < -0.39 is 0 Å². The number of pyridine rings is 1. The van der Waals surface area contributed by atoms with Crippen molar-refractivity contribution in [2.75, 3.05) is 31.4 Å². The van der Waals surface area contributed by atoms with Crippen molar-refractivity contribution in [3.63, 3.8) is 0 Å². The van der Waals surface area contributed by atoms with Crippen LogP contribution >= 0.6 is 0 Å². The fourth-order valence-corrected chi connectivity index (χ4v) is 1.68. The Balaban J connectivity index is 2.43. The van der Waals surface area contributed by atoms with E-state index in [1.165, 1.54) is 0 Å². The molecule has 0 radical (unpaired) electrons. The smallest absolute Gasteiger partial charge is 0.230 e. The van der Waals surface area contributed by atoms with E-state index in [4.69, 9.17) is 4.74 Å². The molecule has 2 aromatic rings. The highest BCUT2D eigenvalue weighted by molar-refractivity contribution is 5.58. The highest BCUT2D eigenvalue weighted by Crippen LogP contribution is 2.22. The van der Waals surface area contributed by atoms with Crippen LogP contribution in [0.4, 0.5) is 11.9 Å². The first-order chi connectivity index (χ1) is 9.99. The Hall–Kier alpha value is -2.44. The lowest BCUT2D eigenvalue weighted by Gasteiger charge is -2.13. The highest BCUT2D eigenvalue weighted by atomic mass is 16.5. The van der Waals surface area contributed by atoms with Gasteiger partial charge in [-0.15, -0.1) is 0 Å². The zero-order valence-corrected chi connectivity index (χ0v) is 13.0. The number of rotatable bonds is 5. The van der Waals surface area contributed by atoms with Gasteiger partial charge in [0.2, 0.25) is 11.9 Å². The quantitative estimate of drug-likeness (QED) is 0.899. The fraction of sp³-hybridized carbons (Fsp3) is 0.429. The molecular weight excluding hydrogens is 268 g/mol. The third-order valence-corrected chi connectivity index (χ3v) is 2.59. The van der Waals surface area contributed by atoms with Crippen molar-refractivity contribution in [2.24, 2.45) is 0 Å². The summed E-state index contributed by atoms with van der Waals surface area (Å²) in [5, 5.41) is 2.94. The SMILES string of the molecule is CNc1nc(-c2cncc(OC(C)C)c2)nc(N(C)C)n1. The van der Waals surface area contributed by atoms with Crippen LogP contribution in [0.1, 0.15) is 13.8 Å². The summed E-state index contributed by atoms with van der Waals surface area (Å²) < 4.78 is 5.65. The molecule has 0 aliphatic carbocycles. The van der Waals surface area contributed by atoms with Gasteiger partial charge in [-0.3, -0.25) is 4.98 Å². The molecule has 7 heteroatoms. The molecule has 1 N–H and O–H groups in total. The summed E-state index contributed by atoms with van der Waals surface area (Å²) >= 11 is 0. The van der Waals surface area contributed by atoms with E-state index in [1.54, 1.807) is 19.4 Å². The molecule has 0 atom stereocenters. The molecule has 0 fully saturated rings. The number of ether oxygens (including phenoxy) is 1. The summed E-state index contributed by atoms with van der Waals surface area (Å²) in [6.07, 6.45) is 3.48. The zero-order valence-electron chi connectivity index (χ0n) is 13.0. The van der Waals surface area contributed by atoms with Gasteiger partial charge < -0.3 is 15.0 Å². The van der Waals surface area contributed by atoms with Crippen molar-refractivity contribution in [3.8, 4) is 17.1 Å². The van der Waals surface area contributed by atoms with Crippen molar-refractivity contribution in [2.45, 2.75) is 20.0 Å². The van der Waals surface area contributed by atoms with Gasteiger partial charge in [-0.2, -0.15) is 15.0 Å². The van der Waals surface area contributed by atoms with E-state index in [2.05, 4.69) is 25.3 Å². The van der Waals surface area contributed by atoms with Gasteiger partial charge in [0.25, 0.3) is 0 Å². The number of nitrogens with one attached hydrogen (secondary N) is 1. The second-order valence-electron chi connectivity index (χ2n) is 5.00. The molecule has 21 heavy (non-hydrogen) atoms. The topological polar surface area (TPSA) is 76.1 Å². The van der Waals surface area contributed by atoms with Crippen molar-refractivity contribution in [1.29, 1.82) is 0 Å². The van der Waals surface area contributed by atoms with Gasteiger partial charge in [0.15, 0.2) is 5.82 Å². The highest BCUT2D eigenvalue weighted by Gasteiger charge is 2.11. The molecule has 0 saturated carbocycles. The Morgan fingerprint density at radius 3 is 2.52 bits per heavy atom. The van der Waals surface area contributed by atoms with E-state index >= 15 is 0 Å². The first-order valence-electron chi connectivity index (χ1n) is 6.73. The standard InChI is InChI=1S/C14H20N6O/c1-9(2)21-11-6-10(7-16-8-11)12-17-13(15-3)19-14(18-12)20(4)5/h6-9H,1-5H3,(H,15,17,18,19). The summed E-state index contributed by atoms with van der Waals surface area (Å²) in [6, 6.07) is 1.88. The van der Waals surface area contributed by atoms with E-state index in [0.29, 0.717) is 23.5 Å². The summed E-state index contributed by atoms with van der Waals surface area (Å²) in [4.78, 5) is 19.1. The largest absolute Gasteiger partial charge is 0.489 e. The van der Waals surface area contributed by atoms with Crippen molar-refractivity contribution in [1.82, 2.24) is 19.9 Å². The molecule has 0 aromatic carbocycles. The van der Waals surface area contributed by atoms with E-state index in [-0.39, 0.29) is 6.10 Å². The second-order valence-corrected chi connectivity index (χ2v) is 5.00. The molecule has 0 spiro atoms. The molecule has 2 rings (SSSR count). The first kappa shape index (κ1) is 15.0. The van der Waals surface area contributed by atoms with Gasteiger partial charge in [0, 0.05) is 32.9 Å². The molecule has 0 aliphatic heterocycles. The maximum atomic E-state index is 5.65. The minimum absolute atomic E-state index is 0.0885. The van der Waals surface area contributed by atoms with Crippen molar-refractivity contribution in [3.05, 3.63) is 18.5 Å². The molecule has 7 nitrogen and oxygen atoms in total. The third-order valence-electron chi connectivity index (χ3n) is 2.59. The molecule has 2 aromatic heterocycles. The number of hydrogen-bond acceptors (Lipinski definition) is 7. The molecule has 0 bridgehead atoms. The van der Waals surface area contributed by atoms with Crippen molar-refractivity contribution >= 4 is 11.9 Å². The Labute approximate surface area is 124 Å². The van der Waals surface area contributed by atoms with Gasteiger partial charge in [-0.1, -0.05) is 0 Å². The Morgan fingerprint density at radius 1 is 1.14 bits per heavy atom. The zero-order chi connectivity index (χ0) is 15.4. The van der Waals surface area contributed by atoms with E-state index in [0.717, 1.165) is 5.56 Å². The van der Waals surface area contributed by atoms with Crippen LogP contribution in [0.2, 0.25) is 0 Å². The van der Waals surface area contributed by atoms with Gasteiger partial charge >= 0.3 is 0 Å². The molecule has 0 amide bonds. The average Bonchev–Trinajstić information content (AvgIpc) is 2.46. The predicted octanol–water partition coefficient (Wildman–Crippen LogP) is 1.83. The van der Waals surface area contributed by atoms with Gasteiger partial charge in [-0.05, 0) is 19.9 Å². The van der Waals surface area contributed by atoms with Gasteiger partial charge in [-0.25, -0.2) is 0 Å². The maximum absolute atomic E-state index is 5.65. The predicted molar refractivity (Wildman–Crippen MR) is 82.7 cm³/mol. The molecule has 0 saturated heterocycles. The Kier molecular flexibility index (Phi) is 4.52. The normalized spacial score (nSPS) is 10.6. The van der Waals surface area contributed by atoms with Crippen LogP contribution in [0.3, 0.4) is 0 Å². The molecule has 112 valence electrons. The number of hydrogen-bond donors (Lipinski definition) is 1. The second kappa shape index (κ2) is 6.34. The van der Waals surface area contributed by atoms with Gasteiger partial charge in [0.1, 0.15) is 5.75 Å². The van der Waals surface area contributed by atoms with E-state index in [1.807, 2.05) is 38.9 Å². The van der Waals surface area contributed by atoms with Crippen LogP contribution < -0.4 is 15.0 Å². The minimum Gasteiger partial charge on any atom is -0.489 e. The average molecular weight is 288 g/mol. The Bertz CT molecular complexity index is 614. The number of aromatic nitrogens is 4. The number of nitrogens with zero attached hydrogens (tertiary/aromatic N) is 5. The summed E-state index contributed by atoms with van der Waals surface area (Å²) in [6.45, 7) is 3.94. The Morgan fingerprint density at radius 2 is 1.90 bits per heavy atom. The van der Waals surface area contributed by atoms with Crippen LogP contribution in [0.5, 0.6) is 5.75 Å². The molecule has 0 aliphatic rings. The lowest BCUT2D eigenvalue weighted by Crippen LogP contribution is -2.15. The third kappa shape index (κ3) is 3.77. The summed E-state index contributed by atoms with van der Waals surface area (Å²) in [7, 11) is 5.54. The monoisotopic (exact) mass is 288 g/mol. The van der Waals surface area contributed by atoms with E-state index in [9.17, 15) is 0 Å². The van der Waals surface area contributed by atoms with Crippen LogP contribution in [-0.2, 0) is 0 Å². The number of anilines is 2. The minimum atomic E-state index is 0.0885. The lowest BCUT2D eigenvalue weighted by atomic mass is 10.2. The molecule has 2 heterocycles. The van der Waals surface area contributed by atoms with Gasteiger partial charge in [0.05, 0.1) is 12.3 Å². The van der Waals surface area contributed by atoms with Crippen LogP contribution in [0.25, 0.3) is 11.4 Å². The first-order valence-corrected chi connectivity index (χ1v) is 6.73. The fourth-order valence-electron chi connectivity index (χ4n) is 1.68. The molecule has 0 unspecified atom stereocenters. The summed E-state index contributed by atoms with van der Waals surface area (Å²) in [5.74, 6) is 2.35. The molecular formula is C14H20N6O.